The van der Waals surface area contributed by atoms with E-state index >= 15 is 0 Å². The second-order valence-corrected chi connectivity index (χ2v) is 10.4. The van der Waals surface area contributed by atoms with Gasteiger partial charge in [-0.25, -0.2) is 13.1 Å². The second-order valence-electron chi connectivity index (χ2n) is 7.47. The lowest BCUT2D eigenvalue weighted by atomic mass is 9.85. The van der Waals surface area contributed by atoms with Crippen molar-refractivity contribution in [2.24, 2.45) is 0 Å². The number of amides is 1. The zero-order chi connectivity index (χ0) is 22.1. The molecule has 2 aromatic heterocycles. The average Bonchev–Trinajstić information content (AvgIpc) is 3.41. The van der Waals surface area contributed by atoms with Crippen LogP contribution in [0.1, 0.15) is 31.1 Å². The number of thiophene rings is 1. The van der Waals surface area contributed by atoms with Gasteiger partial charge in [-0.15, -0.1) is 11.3 Å². The van der Waals surface area contributed by atoms with Crippen LogP contribution in [0.5, 0.6) is 11.5 Å². The maximum absolute atomic E-state index is 12.6. The van der Waals surface area contributed by atoms with Gasteiger partial charge in [0, 0.05) is 28.6 Å². The van der Waals surface area contributed by atoms with Gasteiger partial charge in [0.05, 0.1) is 6.54 Å². The van der Waals surface area contributed by atoms with Gasteiger partial charge in [-0.3, -0.25) is 4.79 Å². The molecule has 2 N–H and O–H groups in total. The summed E-state index contributed by atoms with van der Waals surface area (Å²) in [5.41, 5.74) is 1.04. The first-order valence-corrected chi connectivity index (χ1v) is 12.5. The van der Waals surface area contributed by atoms with Gasteiger partial charge in [-0.05, 0) is 31.0 Å². The summed E-state index contributed by atoms with van der Waals surface area (Å²) in [6.07, 6.45) is 3.21. The van der Waals surface area contributed by atoms with Crippen LogP contribution in [0, 0.1) is 0 Å². The zero-order valence-electron chi connectivity index (χ0n) is 16.9. The lowest BCUT2D eigenvalue weighted by Gasteiger charge is -2.20. The lowest BCUT2D eigenvalue weighted by Crippen LogP contribution is -2.32. The fraction of sp³-hybridized carbons (Fsp3) is 0.350. The Kier molecular flexibility index (Phi) is 5.57. The van der Waals surface area contributed by atoms with Crippen LogP contribution >= 0.6 is 11.3 Å². The van der Waals surface area contributed by atoms with Crippen LogP contribution in [0.25, 0.3) is 11.4 Å². The Bertz CT molecular complexity index is 1250. The summed E-state index contributed by atoms with van der Waals surface area (Å²) < 4.78 is 43.8. The molecule has 3 aromatic rings. The number of carbonyl (C=O) groups excluding carboxylic acids is 1. The molecule has 0 atom stereocenters. The summed E-state index contributed by atoms with van der Waals surface area (Å²) >= 11 is 1.03. The van der Waals surface area contributed by atoms with Crippen LogP contribution in [0.15, 0.2) is 38.4 Å². The Labute approximate surface area is 188 Å². The standard InChI is InChI=1S/C20H20N4O6S2/c25-17(22-14-4-5-15-16(9-14)29-7-6-28-15)10-21-32(26,27)18-8-13(11-31-18)19-23-20(30-24-19)12-2-1-3-12/h4-5,8-9,11-12,21H,1-3,6-7,10H2,(H,22,25). The third kappa shape index (κ3) is 4.33. The third-order valence-corrected chi connectivity index (χ3v) is 8.08. The van der Waals surface area contributed by atoms with E-state index < -0.39 is 22.5 Å². The summed E-state index contributed by atoms with van der Waals surface area (Å²) in [6, 6.07) is 6.46. The molecule has 10 nitrogen and oxygen atoms in total. The monoisotopic (exact) mass is 476 g/mol. The number of nitrogens with zero attached hydrogens (tertiary/aromatic N) is 2. The van der Waals surface area contributed by atoms with E-state index in [1.54, 1.807) is 23.6 Å². The molecule has 3 heterocycles. The minimum atomic E-state index is -3.88. The normalized spacial score (nSPS) is 15.9. The van der Waals surface area contributed by atoms with Crippen LogP contribution in [-0.2, 0) is 14.8 Å². The first kappa shape index (κ1) is 20.9. The quantitative estimate of drug-likeness (QED) is 0.532. The van der Waals surface area contributed by atoms with E-state index in [9.17, 15) is 13.2 Å². The van der Waals surface area contributed by atoms with Gasteiger partial charge in [0.15, 0.2) is 11.5 Å². The van der Waals surface area contributed by atoms with E-state index in [0.29, 0.717) is 53.6 Å². The highest BCUT2D eigenvalue weighted by Crippen LogP contribution is 2.36. The Morgan fingerprint density at radius 3 is 2.75 bits per heavy atom. The number of carbonyl (C=O) groups is 1. The predicted molar refractivity (Wildman–Crippen MR) is 115 cm³/mol. The fourth-order valence-electron chi connectivity index (χ4n) is 3.31. The largest absolute Gasteiger partial charge is 0.486 e. The topological polar surface area (TPSA) is 133 Å². The number of hydrogen-bond donors (Lipinski definition) is 2. The van der Waals surface area contributed by atoms with Crippen molar-refractivity contribution in [3.63, 3.8) is 0 Å². The van der Waals surface area contributed by atoms with Gasteiger partial charge in [0.2, 0.25) is 17.6 Å². The van der Waals surface area contributed by atoms with Crippen LogP contribution in [0.4, 0.5) is 5.69 Å². The fourth-order valence-corrected chi connectivity index (χ4v) is 5.49. The Hall–Kier alpha value is -2.96. The molecule has 1 aliphatic carbocycles. The van der Waals surface area contributed by atoms with Gasteiger partial charge in [0.1, 0.15) is 17.4 Å². The first-order valence-electron chi connectivity index (χ1n) is 10.1. The number of aromatic nitrogens is 2. The van der Waals surface area contributed by atoms with Crippen LogP contribution in [0.2, 0.25) is 0 Å². The van der Waals surface area contributed by atoms with Crippen molar-refractivity contribution in [3.8, 4) is 22.9 Å². The first-order chi connectivity index (χ1) is 15.5. The number of nitrogens with one attached hydrogen (secondary N) is 2. The second kappa shape index (κ2) is 8.52. The number of sulfonamides is 1. The summed E-state index contributed by atoms with van der Waals surface area (Å²) in [6.45, 7) is 0.482. The Morgan fingerprint density at radius 1 is 1.16 bits per heavy atom. The highest BCUT2D eigenvalue weighted by atomic mass is 32.2. The number of hydrogen-bond acceptors (Lipinski definition) is 9. The van der Waals surface area contributed by atoms with Crippen molar-refractivity contribution >= 4 is 33.0 Å². The van der Waals surface area contributed by atoms with Crippen molar-refractivity contribution < 1.29 is 27.2 Å². The molecular formula is C20H20N4O6S2. The minimum absolute atomic E-state index is 0.0645. The van der Waals surface area contributed by atoms with E-state index in [1.807, 2.05) is 0 Å². The molecule has 0 saturated heterocycles. The van der Waals surface area contributed by atoms with Gasteiger partial charge in [-0.1, -0.05) is 11.6 Å². The summed E-state index contributed by atoms with van der Waals surface area (Å²) in [4.78, 5) is 16.6. The van der Waals surface area contributed by atoms with Gasteiger partial charge < -0.3 is 19.3 Å². The average molecular weight is 477 g/mol. The molecule has 32 heavy (non-hydrogen) atoms. The number of benzene rings is 1. The number of fused-ring (bicyclic) bond motifs is 1. The number of anilines is 1. The van der Waals surface area contributed by atoms with Gasteiger partial charge >= 0.3 is 0 Å². The molecule has 0 bridgehead atoms. The molecule has 1 aliphatic heterocycles. The van der Waals surface area contributed by atoms with E-state index in [1.165, 1.54) is 6.07 Å². The molecule has 1 aromatic carbocycles. The van der Waals surface area contributed by atoms with E-state index in [4.69, 9.17) is 14.0 Å². The molecule has 1 saturated carbocycles. The molecule has 0 unspecified atom stereocenters. The smallest absolute Gasteiger partial charge is 0.250 e. The van der Waals surface area contributed by atoms with E-state index in [2.05, 4.69) is 20.2 Å². The van der Waals surface area contributed by atoms with E-state index in [0.717, 1.165) is 30.6 Å². The van der Waals surface area contributed by atoms with E-state index in [-0.39, 0.29) is 4.21 Å². The zero-order valence-corrected chi connectivity index (χ0v) is 18.5. The molecule has 0 spiro atoms. The third-order valence-electron chi connectivity index (χ3n) is 5.24. The van der Waals surface area contributed by atoms with Crippen molar-refractivity contribution in [3.05, 3.63) is 35.5 Å². The van der Waals surface area contributed by atoms with Crippen molar-refractivity contribution in [2.75, 3.05) is 25.1 Å². The van der Waals surface area contributed by atoms with Gasteiger partial charge in [0.25, 0.3) is 10.0 Å². The molecule has 1 fully saturated rings. The maximum atomic E-state index is 12.6. The van der Waals surface area contributed by atoms with Crippen LogP contribution in [0.3, 0.4) is 0 Å². The SMILES string of the molecule is O=C(CNS(=O)(=O)c1cc(-c2noc(C3CCC3)n2)cs1)Nc1ccc2c(c1)OCCO2. The Morgan fingerprint density at radius 2 is 1.97 bits per heavy atom. The molecule has 1 amide bonds. The molecule has 12 heteroatoms. The molecule has 2 aliphatic rings. The summed E-state index contributed by atoms with van der Waals surface area (Å²) in [7, 11) is -3.88. The van der Waals surface area contributed by atoms with Gasteiger partial charge in [-0.2, -0.15) is 4.98 Å². The number of rotatable bonds is 7. The molecular weight excluding hydrogens is 456 g/mol. The molecule has 5 rings (SSSR count). The molecule has 0 radical (unpaired) electrons. The maximum Gasteiger partial charge on any atom is 0.250 e. The van der Waals surface area contributed by atoms with Crippen LogP contribution < -0.4 is 19.5 Å². The summed E-state index contributed by atoms with van der Waals surface area (Å²) in [5.74, 6) is 1.88. The lowest BCUT2D eigenvalue weighted by molar-refractivity contribution is -0.115. The molecule has 168 valence electrons. The Balaban J connectivity index is 1.20. The number of ether oxygens (including phenoxy) is 2. The highest BCUT2D eigenvalue weighted by Gasteiger charge is 2.26. The highest BCUT2D eigenvalue weighted by molar-refractivity contribution is 7.91. The minimum Gasteiger partial charge on any atom is -0.486 e. The van der Waals surface area contributed by atoms with Crippen LogP contribution in [-0.4, -0.2) is 44.2 Å². The van der Waals surface area contributed by atoms with Crippen molar-refractivity contribution in [2.45, 2.75) is 29.4 Å². The van der Waals surface area contributed by atoms with Crippen molar-refractivity contribution in [1.29, 1.82) is 0 Å². The predicted octanol–water partition coefficient (Wildman–Crippen LogP) is 2.75. The van der Waals surface area contributed by atoms with Crippen molar-refractivity contribution in [1.82, 2.24) is 14.9 Å². The summed E-state index contributed by atoms with van der Waals surface area (Å²) in [5, 5.41) is 8.25.